The Labute approximate surface area is 152 Å². The van der Waals surface area contributed by atoms with E-state index in [0.29, 0.717) is 12.4 Å². The molecule has 2 aromatic carbocycles. The Kier molecular flexibility index (Phi) is 4.32. The summed E-state index contributed by atoms with van der Waals surface area (Å²) in [4.78, 5) is 4.71. The van der Waals surface area contributed by atoms with Gasteiger partial charge in [-0.1, -0.05) is 30.3 Å². The van der Waals surface area contributed by atoms with Gasteiger partial charge in [0, 0.05) is 18.0 Å². The molecule has 0 aliphatic heterocycles. The predicted molar refractivity (Wildman–Crippen MR) is 103 cm³/mol. The molecular weight excluding hydrogens is 324 g/mol. The van der Waals surface area contributed by atoms with Gasteiger partial charge in [-0.15, -0.1) is 0 Å². The van der Waals surface area contributed by atoms with Crippen molar-refractivity contribution in [2.24, 2.45) is 0 Å². The number of rotatable bonds is 5. The first-order chi connectivity index (χ1) is 12.7. The molecule has 0 N–H and O–H groups in total. The third kappa shape index (κ3) is 3.26. The fourth-order valence-electron chi connectivity index (χ4n) is 2.90. The molecule has 4 aromatic rings. The second-order valence-electron chi connectivity index (χ2n) is 6.24. The molecule has 0 unspecified atom stereocenters. The number of methoxy groups -OCH3 is 1. The van der Waals surface area contributed by atoms with E-state index >= 15 is 0 Å². The van der Waals surface area contributed by atoms with Crippen LogP contribution >= 0.6 is 0 Å². The number of pyridine rings is 1. The van der Waals surface area contributed by atoms with Crippen molar-refractivity contribution in [3.63, 3.8) is 0 Å². The van der Waals surface area contributed by atoms with Gasteiger partial charge in [-0.3, -0.25) is 0 Å². The molecule has 2 heterocycles. The van der Waals surface area contributed by atoms with Crippen molar-refractivity contribution in [1.29, 1.82) is 0 Å². The second-order valence-corrected chi connectivity index (χ2v) is 6.24. The van der Waals surface area contributed by atoms with Crippen molar-refractivity contribution >= 4 is 5.65 Å². The average Bonchev–Trinajstić information content (AvgIpc) is 3.10. The molecule has 0 bridgehead atoms. The Morgan fingerprint density at radius 3 is 2.62 bits per heavy atom. The zero-order valence-electron chi connectivity index (χ0n) is 14.8. The Hall–Kier alpha value is -3.27. The van der Waals surface area contributed by atoms with Crippen molar-refractivity contribution in [2.75, 3.05) is 7.11 Å². The van der Waals surface area contributed by atoms with E-state index in [9.17, 15) is 0 Å². The maximum Gasteiger partial charge on any atom is 0.161 e. The highest BCUT2D eigenvalue weighted by atomic mass is 16.5. The molecule has 0 saturated carbocycles. The van der Waals surface area contributed by atoms with E-state index in [0.717, 1.165) is 28.2 Å². The van der Waals surface area contributed by atoms with Gasteiger partial charge in [-0.2, -0.15) is 0 Å². The molecule has 130 valence electrons. The molecule has 4 heteroatoms. The zero-order chi connectivity index (χ0) is 17.9. The van der Waals surface area contributed by atoms with Crippen LogP contribution in [-0.4, -0.2) is 16.5 Å². The highest BCUT2D eigenvalue weighted by molar-refractivity contribution is 5.66. The van der Waals surface area contributed by atoms with Crippen LogP contribution in [0.3, 0.4) is 0 Å². The van der Waals surface area contributed by atoms with Crippen molar-refractivity contribution in [3.05, 3.63) is 84.2 Å². The van der Waals surface area contributed by atoms with Crippen LogP contribution in [0.15, 0.2) is 73.1 Å². The van der Waals surface area contributed by atoms with Gasteiger partial charge in [0.25, 0.3) is 0 Å². The van der Waals surface area contributed by atoms with Crippen molar-refractivity contribution in [2.45, 2.75) is 13.5 Å². The molecule has 2 aromatic heterocycles. The Morgan fingerprint density at radius 2 is 1.81 bits per heavy atom. The maximum absolute atomic E-state index is 5.93. The van der Waals surface area contributed by atoms with Crippen molar-refractivity contribution < 1.29 is 9.47 Å². The minimum absolute atomic E-state index is 0.504. The quantitative estimate of drug-likeness (QED) is 0.517. The molecular formula is C22H20N2O2. The molecule has 0 saturated heterocycles. The molecule has 0 aliphatic carbocycles. The lowest BCUT2D eigenvalue weighted by Gasteiger charge is -2.11. The van der Waals surface area contributed by atoms with E-state index in [1.807, 2.05) is 65.3 Å². The minimum Gasteiger partial charge on any atom is -0.493 e. The first-order valence-electron chi connectivity index (χ1n) is 8.53. The summed E-state index contributed by atoms with van der Waals surface area (Å²) in [6, 6.07) is 20.1. The third-order valence-corrected chi connectivity index (χ3v) is 4.31. The summed E-state index contributed by atoms with van der Waals surface area (Å²) in [6.45, 7) is 2.57. The largest absolute Gasteiger partial charge is 0.493 e. The highest BCUT2D eigenvalue weighted by Gasteiger charge is 2.10. The second kappa shape index (κ2) is 6.92. The number of aromatic nitrogens is 2. The SMILES string of the molecule is COc1cc(-c2cn3ccc(C)cc3n2)ccc1OCc1ccccc1. The lowest BCUT2D eigenvalue weighted by atomic mass is 10.1. The molecule has 4 nitrogen and oxygen atoms in total. The van der Waals surface area contributed by atoms with Gasteiger partial charge in [0.2, 0.25) is 0 Å². The van der Waals surface area contributed by atoms with E-state index in [4.69, 9.17) is 14.5 Å². The van der Waals surface area contributed by atoms with Gasteiger partial charge in [0.15, 0.2) is 11.5 Å². The summed E-state index contributed by atoms with van der Waals surface area (Å²) < 4.78 is 13.5. The summed E-state index contributed by atoms with van der Waals surface area (Å²) in [7, 11) is 1.65. The van der Waals surface area contributed by atoms with Crippen LogP contribution in [0.4, 0.5) is 0 Å². The number of nitrogens with zero attached hydrogens (tertiary/aromatic N) is 2. The van der Waals surface area contributed by atoms with E-state index in [1.54, 1.807) is 7.11 Å². The average molecular weight is 344 g/mol. The zero-order valence-corrected chi connectivity index (χ0v) is 14.8. The van der Waals surface area contributed by atoms with Crippen LogP contribution < -0.4 is 9.47 Å². The van der Waals surface area contributed by atoms with Gasteiger partial charge in [0.1, 0.15) is 12.3 Å². The molecule has 0 spiro atoms. The van der Waals surface area contributed by atoms with Crippen molar-refractivity contribution in [1.82, 2.24) is 9.38 Å². The number of hydrogen-bond acceptors (Lipinski definition) is 3. The molecule has 26 heavy (non-hydrogen) atoms. The molecule has 4 rings (SSSR count). The first kappa shape index (κ1) is 16.2. The molecule has 0 fully saturated rings. The van der Waals surface area contributed by atoms with Crippen LogP contribution in [0.2, 0.25) is 0 Å². The molecule has 0 radical (unpaired) electrons. The summed E-state index contributed by atoms with van der Waals surface area (Å²) in [5, 5.41) is 0. The number of imidazole rings is 1. The Morgan fingerprint density at radius 1 is 0.962 bits per heavy atom. The Balaban J connectivity index is 1.61. The number of hydrogen-bond donors (Lipinski definition) is 0. The maximum atomic E-state index is 5.93. The fourth-order valence-corrected chi connectivity index (χ4v) is 2.90. The van der Waals surface area contributed by atoms with E-state index in [-0.39, 0.29) is 0 Å². The normalized spacial score (nSPS) is 10.8. The lowest BCUT2D eigenvalue weighted by Crippen LogP contribution is -1.97. The third-order valence-electron chi connectivity index (χ3n) is 4.31. The van der Waals surface area contributed by atoms with Gasteiger partial charge < -0.3 is 13.9 Å². The van der Waals surface area contributed by atoms with Crippen LogP contribution in [0.1, 0.15) is 11.1 Å². The van der Waals surface area contributed by atoms with E-state index < -0.39 is 0 Å². The van der Waals surface area contributed by atoms with Crippen LogP contribution in [-0.2, 0) is 6.61 Å². The van der Waals surface area contributed by atoms with Gasteiger partial charge in [0.05, 0.1) is 12.8 Å². The molecule has 0 amide bonds. The number of ether oxygens (including phenoxy) is 2. The molecule has 0 atom stereocenters. The standard InChI is InChI=1S/C22H20N2O2/c1-16-10-11-24-14-19(23-22(24)12-16)18-8-9-20(21(13-18)25-2)26-15-17-6-4-3-5-7-17/h3-14H,15H2,1-2H3. The summed E-state index contributed by atoms with van der Waals surface area (Å²) in [5.41, 5.74) is 5.15. The topological polar surface area (TPSA) is 35.8 Å². The fraction of sp³-hybridized carbons (Fsp3) is 0.136. The summed E-state index contributed by atoms with van der Waals surface area (Å²) >= 11 is 0. The number of aryl methyl sites for hydroxylation is 1. The highest BCUT2D eigenvalue weighted by Crippen LogP contribution is 2.33. The minimum atomic E-state index is 0.504. The summed E-state index contributed by atoms with van der Waals surface area (Å²) in [5.74, 6) is 1.42. The smallest absolute Gasteiger partial charge is 0.161 e. The van der Waals surface area contributed by atoms with Crippen molar-refractivity contribution in [3.8, 4) is 22.8 Å². The van der Waals surface area contributed by atoms with Gasteiger partial charge in [-0.25, -0.2) is 4.98 Å². The first-order valence-corrected chi connectivity index (χ1v) is 8.53. The Bertz CT molecular complexity index is 1040. The van der Waals surface area contributed by atoms with Gasteiger partial charge in [-0.05, 0) is 48.4 Å². The van der Waals surface area contributed by atoms with E-state index in [2.05, 4.69) is 19.1 Å². The van der Waals surface area contributed by atoms with Gasteiger partial charge >= 0.3 is 0 Å². The molecule has 0 aliphatic rings. The van der Waals surface area contributed by atoms with E-state index in [1.165, 1.54) is 5.56 Å². The number of fused-ring (bicyclic) bond motifs is 1. The predicted octanol–water partition coefficient (Wildman–Crippen LogP) is 4.90. The monoisotopic (exact) mass is 344 g/mol. The number of benzene rings is 2. The lowest BCUT2D eigenvalue weighted by molar-refractivity contribution is 0.284. The van der Waals surface area contributed by atoms with Crippen LogP contribution in [0, 0.1) is 6.92 Å². The summed E-state index contributed by atoms with van der Waals surface area (Å²) in [6.07, 6.45) is 4.05. The van der Waals surface area contributed by atoms with Crippen LogP contribution in [0.25, 0.3) is 16.9 Å². The van der Waals surface area contributed by atoms with Crippen LogP contribution in [0.5, 0.6) is 11.5 Å².